The average Bonchev–Trinajstić information content (AvgIpc) is 2.49. The van der Waals surface area contributed by atoms with Crippen molar-refractivity contribution in [2.45, 2.75) is 52.6 Å². The van der Waals surface area contributed by atoms with Crippen molar-refractivity contribution in [2.75, 3.05) is 24.0 Å². The lowest BCUT2D eigenvalue weighted by Crippen LogP contribution is -2.35. The maximum atomic E-state index is 6.00. The van der Waals surface area contributed by atoms with Crippen LogP contribution in [0.5, 0.6) is 0 Å². The monoisotopic (exact) mass is 296 g/mol. The molecule has 1 heterocycles. The molecule has 0 spiro atoms. The molecule has 0 aliphatic carbocycles. The molecule has 1 rings (SSSR count). The minimum absolute atomic E-state index is 0.474. The molecular formula is C15H28N4S. The van der Waals surface area contributed by atoms with Crippen molar-refractivity contribution in [3.63, 3.8) is 0 Å². The van der Waals surface area contributed by atoms with E-state index in [1.54, 1.807) is 0 Å². The molecule has 20 heavy (non-hydrogen) atoms. The minimum Gasteiger partial charge on any atom is -0.354 e. The van der Waals surface area contributed by atoms with Crippen LogP contribution in [0, 0.1) is 0 Å². The lowest BCUT2D eigenvalue weighted by Gasteiger charge is -2.30. The Bertz CT molecular complexity index is 423. The van der Waals surface area contributed by atoms with E-state index in [1.807, 2.05) is 11.8 Å². The standard InChI is InChI=1S/C15H28N4S/c1-6-11(10-20-5)19(4)15-13(9-16)12(7-2)14(8-3)17-18-15/h11H,6-10,16H2,1-5H3. The molecule has 0 saturated carbocycles. The molecule has 4 nitrogen and oxygen atoms in total. The summed E-state index contributed by atoms with van der Waals surface area (Å²) in [6, 6.07) is 0.474. The van der Waals surface area contributed by atoms with Crippen molar-refractivity contribution < 1.29 is 0 Å². The van der Waals surface area contributed by atoms with Crippen LogP contribution >= 0.6 is 11.8 Å². The third-order valence-electron chi connectivity index (χ3n) is 3.85. The summed E-state index contributed by atoms with van der Waals surface area (Å²) in [4.78, 5) is 2.25. The Kier molecular flexibility index (Phi) is 7.30. The summed E-state index contributed by atoms with van der Waals surface area (Å²) in [6.07, 6.45) is 5.12. The Hall–Kier alpha value is -0.810. The van der Waals surface area contributed by atoms with Gasteiger partial charge in [0, 0.05) is 31.0 Å². The lowest BCUT2D eigenvalue weighted by molar-refractivity contribution is 0.653. The largest absolute Gasteiger partial charge is 0.354 e. The van der Waals surface area contributed by atoms with Gasteiger partial charge in [-0.25, -0.2) is 0 Å². The number of nitrogens with two attached hydrogens (primary N) is 1. The third kappa shape index (κ3) is 3.64. The van der Waals surface area contributed by atoms with Gasteiger partial charge < -0.3 is 10.6 Å². The van der Waals surface area contributed by atoms with Gasteiger partial charge in [-0.2, -0.15) is 16.9 Å². The fourth-order valence-electron chi connectivity index (χ4n) is 2.61. The maximum absolute atomic E-state index is 6.00. The fourth-order valence-corrected chi connectivity index (χ4v) is 3.45. The molecule has 0 bridgehead atoms. The molecule has 0 saturated heterocycles. The molecule has 5 heteroatoms. The first kappa shape index (κ1) is 17.2. The molecule has 0 aliphatic heterocycles. The Labute approximate surface area is 127 Å². The molecule has 1 unspecified atom stereocenters. The summed E-state index contributed by atoms with van der Waals surface area (Å²) in [5.41, 5.74) is 9.54. The van der Waals surface area contributed by atoms with E-state index in [0.717, 1.165) is 36.5 Å². The molecule has 0 radical (unpaired) electrons. The molecule has 1 atom stereocenters. The number of anilines is 1. The number of thioether (sulfide) groups is 1. The van der Waals surface area contributed by atoms with E-state index >= 15 is 0 Å². The Morgan fingerprint density at radius 1 is 1.15 bits per heavy atom. The van der Waals surface area contributed by atoms with E-state index in [2.05, 4.69) is 49.2 Å². The summed E-state index contributed by atoms with van der Waals surface area (Å²) in [7, 11) is 2.11. The first-order valence-corrected chi connectivity index (χ1v) is 8.82. The lowest BCUT2D eigenvalue weighted by atomic mass is 10.0. The SMILES string of the molecule is CCc1nnc(N(C)C(CC)CSC)c(CN)c1CC. The van der Waals surface area contributed by atoms with Gasteiger partial charge in [0.05, 0.1) is 5.69 Å². The number of rotatable bonds is 8. The van der Waals surface area contributed by atoms with Crippen LogP contribution in [-0.4, -0.2) is 35.3 Å². The molecule has 0 fully saturated rings. The fraction of sp³-hybridized carbons (Fsp3) is 0.733. The van der Waals surface area contributed by atoms with E-state index in [1.165, 1.54) is 11.1 Å². The van der Waals surface area contributed by atoms with Gasteiger partial charge in [-0.05, 0) is 31.1 Å². The first-order valence-electron chi connectivity index (χ1n) is 7.43. The second-order valence-electron chi connectivity index (χ2n) is 4.97. The zero-order valence-corrected chi connectivity index (χ0v) is 14.3. The minimum atomic E-state index is 0.474. The van der Waals surface area contributed by atoms with E-state index < -0.39 is 0 Å². The molecule has 114 valence electrons. The van der Waals surface area contributed by atoms with Crippen molar-refractivity contribution in [3.05, 3.63) is 16.8 Å². The van der Waals surface area contributed by atoms with Gasteiger partial charge in [0.1, 0.15) is 0 Å². The van der Waals surface area contributed by atoms with Gasteiger partial charge in [0.2, 0.25) is 0 Å². The van der Waals surface area contributed by atoms with E-state index in [0.29, 0.717) is 12.6 Å². The van der Waals surface area contributed by atoms with E-state index in [4.69, 9.17) is 5.73 Å². The molecular weight excluding hydrogens is 268 g/mol. The highest BCUT2D eigenvalue weighted by Gasteiger charge is 2.20. The highest BCUT2D eigenvalue weighted by molar-refractivity contribution is 7.98. The first-order chi connectivity index (χ1) is 9.64. The van der Waals surface area contributed by atoms with Crippen LogP contribution in [0.15, 0.2) is 0 Å². The molecule has 1 aromatic rings. The zero-order valence-electron chi connectivity index (χ0n) is 13.4. The van der Waals surface area contributed by atoms with Crippen LogP contribution in [0.25, 0.3) is 0 Å². The number of aryl methyl sites for hydroxylation is 1. The molecule has 0 amide bonds. The summed E-state index contributed by atoms with van der Waals surface area (Å²) in [5.74, 6) is 2.05. The third-order valence-corrected chi connectivity index (χ3v) is 4.57. The maximum Gasteiger partial charge on any atom is 0.156 e. The van der Waals surface area contributed by atoms with Crippen molar-refractivity contribution in [1.82, 2.24) is 10.2 Å². The Morgan fingerprint density at radius 2 is 1.85 bits per heavy atom. The van der Waals surface area contributed by atoms with Crippen LogP contribution in [0.3, 0.4) is 0 Å². The van der Waals surface area contributed by atoms with Crippen LogP contribution in [-0.2, 0) is 19.4 Å². The summed E-state index contributed by atoms with van der Waals surface area (Å²) in [5, 5.41) is 8.89. The second kappa shape index (κ2) is 8.47. The van der Waals surface area contributed by atoms with E-state index in [-0.39, 0.29) is 0 Å². The predicted molar refractivity (Wildman–Crippen MR) is 89.5 cm³/mol. The van der Waals surface area contributed by atoms with Crippen molar-refractivity contribution >= 4 is 17.6 Å². The van der Waals surface area contributed by atoms with Crippen LogP contribution < -0.4 is 10.6 Å². The number of nitrogens with zero attached hydrogens (tertiary/aromatic N) is 3. The van der Waals surface area contributed by atoms with Crippen LogP contribution in [0.2, 0.25) is 0 Å². The normalized spacial score (nSPS) is 12.5. The number of hydrogen-bond donors (Lipinski definition) is 1. The quantitative estimate of drug-likeness (QED) is 0.799. The van der Waals surface area contributed by atoms with Gasteiger partial charge in [-0.15, -0.1) is 5.10 Å². The number of hydrogen-bond acceptors (Lipinski definition) is 5. The topological polar surface area (TPSA) is 55.0 Å². The highest BCUT2D eigenvalue weighted by Crippen LogP contribution is 2.25. The summed E-state index contributed by atoms with van der Waals surface area (Å²) in [6.45, 7) is 7.03. The smallest absolute Gasteiger partial charge is 0.156 e. The summed E-state index contributed by atoms with van der Waals surface area (Å²) < 4.78 is 0. The zero-order chi connectivity index (χ0) is 15.1. The average molecular weight is 296 g/mol. The Morgan fingerprint density at radius 3 is 2.30 bits per heavy atom. The van der Waals surface area contributed by atoms with Gasteiger partial charge in [-0.1, -0.05) is 20.8 Å². The molecule has 2 N–H and O–H groups in total. The van der Waals surface area contributed by atoms with Crippen molar-refractivity contribution in [3.8, 4) is 0 Å². The van der Waals surface area contributed by atoms with Crippen LogP contribution in [0.4, 0.5) is 5.82 Å². The predicted octanol–water partition coefficient (Wildman–Crippen LogP) is 2.64. The van der Waals surface area contributed by atoms with E-state index in [9.17, 15) is 0 Å². The van der Waals surface area contributed by atoms with Crippen molar-refractivity contribution in [2.24, 2.45) is 5.73 Å². The highest BCUT2D eigenvalue weighted by atomic mass is 32.2. The van der Waals surface area contributed by atoms with Crippen LogP contribution in [0.1, 0.15) is 44.0 Å². The number of aromatic nitrogens is 2. The van der Waals surface area contributed by atoms with Gasteiger partial charge in [-0.3, -0.25) is 0 Å². The van der Waals surface area contributed by atoms with Gasteiger partial charge in [0.25, 0.3) is 0 Å². The molecule has 0 aromatic carbocycles. The Balaban J connectivity index is 3.23. The second-order valence-corrected chi connectivity index (χ2v) is 5.88. The van der Waals surface area contributed by atoms with Gasteiger partial charge in [0.15, 0.2) is 5.82 Å². The van der Waals surface area contributed by atoms with Gasteiger partial charge >= 0.3 is 0 Å². The van der Waals surface area contributed by atoms with Crippen molar-refractivity contribution in [1.29, 1.82) is 0 Å². The molecule has 1 aromatic heterocycles. The summed E-state index contributed by atoms with van der Waals surface area (Å²) >= 11 is 1.87. The molecule has 0 aliphatic rings.